The largest absolute Gasteiger partial charge is 0.496 e. The number of ether oxygens (including phenoxy) is 1. The van der Waals surface area contributed by atoms with Gasteiger partial charge in [-0.25, -0.2) is 4.68 Å². The average molecular weight is 232 g/mol. The molecule has 5 nitrogen and oxygen atoms in total. The zero-order chi connectivity index (χ0) is 12.3. The predicted molar refractivity (Wildman–Crippen MR) is 64.7 cm³/mol. The third-order valence-electron chi connectivity index (χ3n) is 2.74. The van der Waals surface area contributed by atoms with Crippen LogP contribution in [0.5, 0.6) is 5.75 Å². The van der Waals surface area contributed by atoms with Crippen LogP contribution in [0.25, 0.3) is 0 Å². The maximum Gasteiger partial charge on any atom is 0.124 e. The van der Waals surface area contributed by atoms with E-state index in [0.29, 0.717) is 0 Å². The summed E-state index contributed by atoms with van der Waals surface area (Å²) >= 11 is 0. The van der Waals surface area contributed by atoms with Gasteiger partial charge in [0.2, 0.25) is 0 Å². The van der Waals surface area contributed by atoms with Gasteiger partial charge in [-0.1, -0.05) is 23.4 Å². The Hall–Kier alpha value is -1.88. The number of nitrogens with zero attached hydrogens (tertiary/aromatic N) is 3. The predicted octanol–water partition coefficient (Wildman–Crippen LogP) is 1.35. The molecule has 0 aliphatic heterocycles. The van der Waals surface area contributed by atoms with Gasteiger partial charge in [0.1, 0.15) is 5.75 Å². The van der Waals surface area contributed by atoms with Crippen LogP contribution in [0.2, 0.25) is 0 Å². The maximum atomic E-state index is 6.23. The molecule has 0 saturated heterocycles. The summed E-state index contributed by atoms with van der Waals surface area (Å²) in [6.45, 7) is 2.76. The number of aryl methyl sites for hydroxylation is 1. The van der Waals surface area contributed by atoms with Crippen LogP contribution in [0.3, 0.4) is 0 Å². The Kier molecular flexibility index (Phi) is 3.39. The average Bonchev–Trinajstić information content (AvgIpc) is 2.86. The molecular formula is C12H16N4O. The summed E-state index contributed by atoms with van der Waals surface area (Å²) in [6.07, 6.45) is 1.70. The minimum absolute atomic E-state index is 0.277. The number of para-hydroxylation sites is 1. The van der Waals surface area contributed by atoms with E-state index in [0.717, 1.165) is 23.6 Å². The van der Waals surface area contributed by atoms with Gasteiger partial charge in [-0.2, -0.15) is 0 Å². The quantitative estimate of drug-likeness (QED) is 0.864. The number of nitrogens with two attached hydrogens (primary N) is 1. The molecule has 2 N–H and O–H groups in total. The van der Waals surface area contributed by atoms with Crippen LogP contribution in [-0.4, -0.2) is 22.1 Å². The van der Waals surface area contributed by atoms with Crippen LogP contribution in [0, 0.1) is 0 Å². The molecule has 1 aromatic heterocycles. The molecule has 0 fully saturated rings. The molecule has 0 radical (unpaired) electrons. The van der Waals surface area contributed by atoms with Crippen molar-refractivity contribution in [3.8, 4) is 5.75 Å². The molecule has 0 aliphatic carbocycles. The first-order chi connectivity index (χ1) is 8.27. The molecule has 17 heavy (non-hydrogen) atoms. The normalized spacial score (nSPS) is 12.4. The molecule has 2 aromatic rings. The standard InChI is InChI=1S/C12H16N4O/c1-3-16-10(8-14-15-16)12(13)9-6-4-5-7-11(9)17-2/h4-8,12H,3,13H2,1-2H3. The molecule has 0 spiro atoms. The van der Waals surface area contributed by atoms with Crippen molar-refractivity contribution in [3.63, 3.8) is 0 Å². The summed E-state index contributed by atoms with van der Waals surface area (Å²) in [5, 5.41) is 7.87. The van der Waals surface area contributed by atoms with Crippen LogP contribution in [-0.2, 0) is 6.54 Å². The van der Waals surface area contributed by atoms with Crippen molar-refractivity contribution < 1.29 is 4.74 Å². The van der Waals surface area contributed by atoms with Crippen molar-refractivity contribution in [2.75, 3.05) is 7.11 Å². The van der Waals surface area contributed by atoms with E-state index in [1.165, 1.54) is 0 Å². The van der Waals surface area contributed by atoms with Gasteiger partial charge in [0.25, 0.3) is 0 Å². The first-order valence-electron chi connectivity index (χ1n) is 5.54. The summed E-state index contributed by atoms with van der Waals surface area (Å²) in [4.78, 5) is 0. The minimum Gasteiger partial charge on any atom is -0.496 e. The molecule has 1 unspecified atom stereocenters. The highest BCUT2D eigenvalue weighted by Crippen LogP contribution is 2.27. The van der Waals surface area contributed by atoms with Gasteiger partial charge in [-0.05, 0) is 13.0 Å². The zero-order valence-corrected chi connectivity index (χ0v) is 10.00. The van der Waals surface area contributed by atoms with Gasteiger partial charge in [0.05, 0.1) is 25.0 Å². The van der Waals surface area contributed by atoms with E-state index in [9.17, 15) is 0 Å². The Labute approximate surface area is 100 Å². The molecule has 0 saturated carbocycles. The smallest absolute Gasteiger partial charge is 0.124 e. The first-order valence-corrected chi connectivity index (χ1v) is 5.54. The summed E-state index contributed by atoms with van der Waals surface area (Å²) in [5.41, 5.74) is 8.06. The number of aromatic nitrogens is 3. The Bertz CT molecular complexity index is 495. The van der Waals surface area contributed by atoms with E-state index in [1.54, 1.807) is 18.0 Å². The molecule has 1 aromatic carbocycles. The Morgan fingerprint density at radius 3 is 2.88 bits per heavy atom. The molecule has 0 aliphatic rings. The second-order valence-electron chi connectivity index (χ2n) is 3.69. The lowest BCUT2D eigenvalue weighted by atomic mass is 10.0. The first kappa shape index (κ1) is 11.6. The van der Waals surface area contributed by atoms with Gasteiger partial charge in [-0.15, -0.1) is 5.10 Å². The summed E-state index contributed by atoms with van der Waals surface area (Å²) in [5.74, 6) is 0.781. The van der Waals surface area contributed by atoms with Crippen molar-refractivity contribution in [1.29, 1.82) is 0 Å². The van der Waals surface area contributed by atoms with Gasteiger partial charge in [-0.3, -0.25) is 0 Å². The SMILES string of the molecule is CCn1nncc1C(N)c1ccccc1OC. The fourth-order valence-corrected chi connectivity index (χ4v) is 1.83. The lowest BCUT2D eigenvalue weighted by molar-refractivity contribution is 0.406. The molecule has 1 heterocycles. The van der Waals surface area contributed by atoms with E-state index in [1.807, 2.05) is 31.2 Å². The number of hydrogen-bond acceptors (Lipinski definition) is 4. The number of methoxy groups -OCH3 is 1. The minimum atomic E-state index is -0.277. The van der Waals surface area contributed by atoms with E-state index in [-0.39, 0.29) is 6.04 Å². The van der Waals surface area contributed by atoms with E-state index < -0.39 is 0 Å². The number of hydrogen-bond donors (Lipinski definition) is 1. The van der Waals surface area contributed by atoms with E-state index in [2.05, 4.69) is 10.3 Å². The fourth-order valence-electron chi connectivity index (χ4n) is 1.83. The Balaban J connectivity index is 2.40. The van der Waals surface area contributed by atoms with Crippen molar-refractivity contribution in [2.45, 2.75) is 19.5 Å². The molecule has 5 heteroatoms. The molecule has 0 amide bonds. The van der Waals surface area contributed by atoms with Crippen molar-refractivity contribution >= 4 is 0 Å². The highest BCUT2D eigenvalue weighted by atomic mass is 16.5. The van der Waals surface area contributed by atoms with Crippen LogP contribution in [0.4, 0.5) is 0 Å². The van der Waals surface area contributed by atoms with Crippen LogP contribution in [0.15, 0.2) is 30.5 Å². The van der Waals surface area contributed by atoms with Gasteiger partial charge in [0, 0.05) is 12.1 Å². The van der Waals surface area contributed by atoms with Crippen molar-refractivity contribution in [3.05, 3.63) is 41.7 Å². The Morgan fingerprint density at radius 1 is 1.41 bits per heavy atom. The molecule has 2 rings (SSSR count). The monoisotopic (exact) mass is 232 g/mol. The number of benzene rings is 1. The third kappa shape index (κ3) is 2.14. The summed E-state index contributed by atoms with van der Waals surface area (Å²) in [6, 6.07) is 7.44. The lowest BCUT2D eigenvalue weighted by Crippen LogP contribution is -2.17. The molecule has 1 atom stereocenters. The molecular weight excluding hydrogens is 216 g/mol. The molecule has 90 valence electrons. The van der Waals surface area contributed by atoms with Crippen molar-refractivity contribution in [1.82, 2.24) is 15.0 Å². The highest BCUT2D eigenvalue weighted by molar-refractivity contribution is 5.39. The van der Waals surface area contributed by atoms with Crippen LogP contribution >= 0.6 is 0 Å². The fraction of sp³-hybridized carbons (Fsp3) is 0.333. The van der Waals surface area contributed by atoms with E-state index in [4.69, 9.17) is 10.5 Å². The lowest BCUT2D eigenvalue weighted by Gasteiger charge is -2.15. The number of rotatable bonds is 4. The second-order valence-corrected chi connectivity index (χ2v) is 3.69. The topological polar surface area (TPSA) is 66.0 Å². The van der Waals surface area contributed by atoms with Gasteiger partial charge in [0.15, 0.2) is 0 Å². The van der Waals surface area contributed by atoms with Gasteiger partial charge >= 0.3 is 0 Å². The Morgan fingerprint density at radius 2 is 2.18 bits per heavy atom. The summed E-state index contributed by atoms with van der Waals surface area (Å²) < 4.78 is 7.10. The maximum absolute atomic E-state index is 6.23. The van der Waals surface area contributed by atoms with Crippen LogP contribution in [0.1, 0.15) is 24.2 Å². The van der Waals surface area contributed by atoms with Gasteiger partial charge < -0.3 is 10.5 Å². The van der Waals surface area contributed by atoms with Crippen LogP contribution < -0.4 is 10.5 Å². The zero-order valence-electron chi connectivity index (χ0n) is 10.00. The second kappa shape index (κ2) is 4.97. The highest BCUT2D eigenvalue weighted by Gasteiger charge is 2.17. The van der Waals surface area contributed by atoms with E-state index >= 15 is 0 Å². The third-order valence-corrected chi connectivity index (χ3v) is 2.74. The van der Waals surface area contributed by atoms with Crippen molar-refractivity contribution in [2.24, 2.45) is 5.73 Å². The molecule has 0 bridgehead atoms. The summed E-state index contributed by atoms with van der Waals surface area (Å²) in [7, 11) is 1.64.